The van der Waals surface area contributed by atoms with Crippen molar-refractivity contribution < 1.29 is 23.8 Å². The van der Waals surface area contributed by atoms with Crippen LogP contribution in [0.2, 0.25) is 0 Å². The highest BCUT2D eigenvalue weighted by atomic mass is 32.1. The van der Waals surface area contributed by atoms with Gasteiger partial charge in [0.05, 0.1) is 31.5 Å². The van der Waals surface area contributed by atoms with Crippen molar-refractivity contribution in [3.63, 3.8) is 0 Å². The standard InChI is InChI=1S/C22H24N4O5S2/c1-5-6-18(27)25-22-24-14-8-7-13(11-17(14)33-22)23-21(32)26-20(28)12-9-15(29-2)19(31-4)16(10-12)30-3/h7-11H,5-6H2,1-4H3,(H,24,25,27)(H2,23,26,28,32). The number of benzene rings is 2. The third-order valence-corrected chi connectivity index (χ3v) is 5.66. The number of thiocarbonyl (C=S) groups is 1. The van der Waals surface area contributed by atoms with Crippen LogP contribution in [0.25, 0.3) is 10.2 Å². The van der Waals surface area contributed by atoms with E-state index >= 15 is 0 Å². The number of nitrogens with one attached hydrogen (secondary N) is 3. The second-order valence-electron chi connectivity index (χ2n) is 6.82. The fourth-order valence-electron chi connectivity index (χ4n) is 3.01. The molecule has 33 heavy (non-hydrogen) atoms. The molecule has 2 aromatic carbocycles. The predicted octanol–water partition coefficient (Wildman–Crippen LogP) is 4.19. The molecule has 0 spiro atoms. The van der Waals surface area contributed by atoms with Crippen LogP contribution >= 0.6 is 23.6 Å². The van der Waals surface area contributed by atoms with E-state index in [0.717, 1.165) is 16.6 Å². The van der Waals surface area contributed by atoms with Gasteiger partial charge in [0.2, 0.25) is 11.7 Å². The van der Waals surface area contributed by atoms with Gasteiger partial charge in [-0.25, -0.2) is 4.98 Å². The van der Waals surface area contributed by atoms with Crippen LogP contribution in [0.3, 0.4) is 0 Å². The zero-order valence-electron chi connectivity index (χ0n) is 18.6. The summed E-state index contributed by atoms with van der Waals surface area (Å²) in [5.41, 5.74) is 1.72. The molecule has 0 aliphatic rings. The number of aromatic nitrogens is 1. The zero-order valence-corrected chi connectivity index (χ0v) is 20.2. The summed E-state index contributed by atoms with van der Waals surface area (Å²) < 4.78 is 16.7. The van der Waals surface area contributed by atoms with Crippen LogP contribution in [0.15, 0.2) is 30.3 Å². The van der Waals surface area contributed by atoms with Crippen molar-refractivity contribution in [2.75, 3.05) is 32.0 Å². The molecule has 0 radical (unpaired) electrons. The van der Waals surface area contributed by atoms with Crippen molar-refractivity contribution in [2.45, 2.75) is 19.8 Å². The topological polar surface area (TPSA) is 111 Å². The minimum Gasteiger partial charge on any atom is -0.493 e. The predicted molar refractivity (Wildman–Crippen MR) is 133 cm³/mol. The van der Waals surface area contributed by atoms with Crippen LogP contribution in [0.4, 0.5) is 10.8 Å². The highest BCUT2D eigenvalue weighted by Crippen LogP contribution is 2.38. The Morgan fingerprint density at radius 3 is 2.33 bits per heavy atom. The molecule has 0 saturated heterocycles. The summed E-state index contributed by atoms with van der Waals surface area (Å²) in [5, 5.41) is 9.09. The minimum absolute atomic E-state index is 0.0643. The molecule has 0 saturated carbocycles. The third kappa shape index (κ3) is 5.88. The third-order valence-electron chi connectivity index (χ3n) is 4.52. The van der Waals surface area contributed by atoms with E-state index in [1.54, 1.807) is 6.07 Å². The number of ether oxygens (including phenoxy) is 3. The normalized spacial score (nSPS) is 10.4. The van der Waals surface area contributed by atoms with Crippen LogP contribution < -0.4 is 30.2 Å². The Bertz CT molecular complexity index is 1170. The number of hydrogen-bond donors (Lipinski definition) is 3. The molecule has 174 valence electrons. The van der Waals surface area contributed by atoms with Gasteiger partial charge in [0.1, 0.15) is 0 Å². The highest BCUT2D eigenvalue weighted by molar-refractivity contribution is 7.80. The van der Waals surface area contributed by atoms with Gasteiger partial charge >= 0.3 is 0 Å². The first-order valence-electron chi connectivity index (χ1n) is 10.0. The first-order valence-corrected chi connectivity index (χ1v) is 11.2. The number of carbonyl (C=O) groups is 2. The maximum atomic E-state index is 12.7. The first kappa shape index (κ1) is 24.2. The molecule has 0 bridgehead atoms. The number of rotatable bonds is 8. The average molecular weight is 489 g/mol. The second kappa shape index (κ2) is 10.9. The molecule has 11 heteroatoms. The summed E-state index contributed by atoms with van der Waals surface area (Å²) >= 11 is 6.66. The van der Waals surface area contributed by atoms with Crippen LogP contribution in [-0.2, 0) is 4.79 Å². The smallest absolute Gasteiger partial charge is 0.257 e. The molecule has 0 aliphatic heterocycles. The molecule has 1 aromatic heterocycles. The van der Waals surface area contributed by atoms with Crippen molar-refractivity contribution in [3.05, 3.63) is 35.9 Å². The summed E-state index contributed by atoms with van der Waals surface area (Å²) in [4.78, 5) is 28.9. The van der Waals surface area contributed by atoms with Gasteiger partial charge < -0.3 is 24.8 Å². The zero-order chi connectivity index (χ0) is 24.0. The Morgan fingerprint density at radius 1 is 1.03 bits per heavy atom. The van der Waals surface area contributed by atoms with Gasteiger partial charge in [0.25, 0.3) is 5.91 Å². The van der Waals surface area contributed by atoms with Gasteiger partial charge in [-0.2, -0.15) is 0 Å². The number of amides is 2. The molecule has 0 unspecified atom stereocenters. The molecule has 0 fully saturated rings. The van der Waals surface area contributed by atoms with Crippen LogP contribution in [0.1, 0.15) is 30.1 Å². The van der Waals surface area contributed by atoms with Gasteiger partial charge in [-0.05, 0) is 49.0 Å². The lowest BCUT2D eigenvalue weighted by molar-refractivity contribution is -0.116. The molecular formula is C22H24N4O5S2. The number of thiazole rings is 1. The largest absolute Gasteiger partial charge is 0.493 e. The maximum Gasteiger partial charge on any atom is 0.257 e. The molecule has 3 N–H and O–H groups in total. The Kier molecular flexibility index (Phi) is 8.01. The Labute approximate surface area is 200 Å². The fraction of sp³-hybridized carbons (Fsp3) is 0.273. The van der Waals surface area contributed by atoms with E-state index in [1.165, 1.54) is 44.8 Å². The van der Waals surface area contributed by atoms with Gasteiger partial charge in [0.15, 0.2) is 21.7 Å². The van der Waals surface area contributed by atoms with E-state index in [4.69, 9.17) is 26.4 Å². The van der Waals surface area contributed by atoms with Crippen molar-refractivity contribution in [1.82, 2.24) is 10.3 Å². The lowest BCUT2D eigenvalue weighted by Gasteiger charge is -2.14. The van der Waals surface area contributed by atoms with E-state index < -0.39 is 5.91 Å². The molecule has 0 aliphatic carbocycles. The maximum absolute atomic E-state index is 12.7. The van der Waals surface area contributed by atoms with E-state index in [1.807, 2.05) is 19.1 Å². The lowest BCUT2D eigenvalue weighted by Crippen LogP contribution is -2.34. The van der Waals surface area contributed by atoms with Gasteiger partial charge in [-0.3, -0.25) is 14.9 Å². The monoisotopic (exact) mass is 488 g/mol. The number of methoxy groups -OCH3 is 3. The molecule has 3 rings (SSSR count). The van der Waals surface area contributed by atoms with Crippen molar-refractivity contribution in [2.24, 2.45) is 0 Å². The lowest BCUT2D eigenvalue weighted by atomic mass is 10.1. The highest BCUT2D eigenvalue weighted by Gasteiger charge is 2.18. The van der Waals surface area contributed by atoms with Gasteiger partial charge in [0, 0.05) is 17.7 Å². The Morgan fingerprint density at radius 2 is 1.73 bits per heavy atom. The molecule has 0 atom stereocenters. The molecule has 9 nitrogen and oxygen atoms in total. The summed E-state index contributed by atoms with van der Waals surface area (Å²) in [6.07, 6.45) is 1.21. The summed E-state index contributed by atoms with van der Waals surface area (Å²) in [7, 11) is 4.43. The van der Waals surface area contributed by atoms with Crippen LogP contribution in [-0.4, -0.2) is 43.2 Å². The molecule has 2 amide bonds. The quantitative estimate of drug-likeness (QED) is 0.405. The number of hydrogen-bond acceptors (Lipinski definition) is 8. The van der Waals surface area contributed by atoms with E-state index in [-0.39, 0.29) is 11.0 Å². The second-order valence-corrected chi connectivity index (χ2v) is 8.26. The van der Waals surface area contributed by atoms with E-state index in [0.29, 0.717) is 40.1 Å². The fourth-order valence-corrected chi connectivity index (χ4v) is 4.15. The van der Waals surface area contributed by atoms with Gasteiger partial charge in [-0.1, -0.05) is 18.3 Å². The molecular weight excluding hydrogens is 464 g/mol. The van der Waals surface area contributed by atoms with E-state index in [2.05, 4.69) is 20.9 Å². The van der Waals surface area contributed by atoms with Crippen molar-refractivity contribution in [3.8, 4) is 17.2 Å². The van der Waals surface area contributed by atoms with Crippen molar-refractivity contribution >= 4 is 61.5 Å². The number of carbonyl (C=O) groups excluding carboxylic acids is 2. The number of nitrogens with zero attached hydrogens (tertiary/aromatic N) is 1. The van der Waals surface area contributed by atoms with Gasteiger partial charge in [-0.15, -0.1) is 0 Å². The van der Waals surface area contributed by atoms with Crippen molar-refractivity contribution in [1.29, 1.82) is 0 Å². The first-order chi connectivity index (χ1) is 15.9. The molecule has 3 aromatic rings. The molecule has 1 heterocycles. The Hall–Kier alpha value is -3.44. The summed E-state index contributed by atoms with van der Waals surface area (Å²) in [6.45, 7) is 1.94. The summed E-state index contributed by atoms with van der Waals surface area (Å²) in [6, 6.07) is 8.53. The van der Waals surface area contributed by atoms with E-state index in [9.17, 15) is 9.59 Å². The SMILES string of the molecule is CCCC(=O)Nc1nc2ccc(NC(=S)NC(=O)c3cc(OC)c(OC)c(OC)c3)cc2s1. The van der Waals surface area contributed by atoms with Crippen LogP contribution in [0, 0.1) is 0 Å². The summed E-state index contributed by atoms with van der Waals surface area (Å²) in [5.74, 6) is 0.606. The number of fused-ring (bicyclic) bond motifs is 1. The number of anilines is 2. The average Bonchev–Trinajstić information content (AvgIpc) is 3.19. The minimum atomic E-state index is -0.438. The Balaban J connectivity index is 1.70. The van der Waals surface area contributed by atoms with Crippen LogP contribution in [0.5, 0.6) is 17.2 Å².